The van der Waals surface area contributed by atoms with Crippen LogP contribution in [0.25, 0.3) is 11.3 Å². The van der Waals surface area contributed by atoms with Gasteiger partial charge in [-0.05, 0) is 19.1 Å². The van der Waals surface area contributed by atoms with Crippen molar-refractivity contribution in [2.24, 2.45) is 10.2 Å². The molecular formula is C19H15N5O2S. The molecule has 3 aromatic rings. The van der Waals surface area contributed by atoms with E-state index in [9.17, 15) is 4.79 Å². The molecule has 4 rings (SSSR count). The van der Waals surface area contributed by atoms with Crippen LogP contribution < -0.4 is 10.6 Å². The number of carbonyl (C=O) groups excluding carboxylic acids is 1. The Labute approximate surface area is 159 Å². The van der Waals surface area contributed by atoms with E-state index in [1.54, 1.807) is 0 Å². The van der Waals surface area contributed by atoms with Crippen LogP contribution in [0.3, 0.4) is 0 Å². The van der Waals surface area contributed by atoms with Gasteiger partial charge in [-0.2, -0.15) is 5.11 Å². The van der Waals surface area contributed by atoms with Gasteiger partial charge in [0.15, 0.2) is 5.70 Å². The fourth-order valence-corrected chi connectivity index (χ4v) is 3.11. The lowest BCUT2D eigenvalue weighted by molar-refractivity contribution is -0.140. The number of azo groups is 1. The van der Waals surface area contributed by atoms with E-state index in [-0.39, 0.29) is 5.70 Å². The Bertz CT molecular complexity index is 1010. The Kier molecular flexibility index (Phi) is 4.73. The summed E-state index contributed by atoms with van der Waals surface area (Å²) < 4.78 is 0. The molecule has 1 aliphatic heterocycles. The lowest BCUT2D eigenvalue weighted by Gasteiger charge is -2.14. The van der Waals surface area contributed by atoms with Gasteiger partial charge in [0, 0.05) is 10.9 Å². The first-order valence-electron chi connectivity index (χ1n) is 8.16. The van der Waals surface area contributed by atoms with Gasteiger partial charge in [-0.25, -0.2) is 14.8 Å². The molecular weight excluding hydrogens is 362 g/mol. The van der Waals surface area contributed by atoms with Gasteiger partial charge in [-0.15, -0.1) is 16.5 Å². The largest absolute Gasteiger partial charge is 0.378 e. The molecule has 0 aliphatic carbocycles. The van der Waals surface area contributed by atoms with Crippen LogP contribution in [0.2, 0.25) is 0 Å². The first kappa shape index (κ1) is 17.1. The van der Waals surface area contributed by atoms with Crippen molar-refractivity contribution in [3.05, 3.63) is 77.4 Å². The van der Waals surface area contributed by atoms with E-state index in [2.05, 4.69) is 20.8 Å². The standard InChI is InChI=1S/C19H15N5O2S/c1-13-7-9-15(10-8-13)24-17(18(25)26-23-24)11-20-22-19-21-16(12-27-19)14-5-3-2-4-6-14/h2-12,23H,1H3. The monoisotopic (exact) mass is 377 g/mol. The molecule has 0 unspecified atom stereocenters. The van der Waals surface area contributed by atoms with Crippen molar-refractivity contribution in [2.45, 2.75) is 6.92 Å². The second-order valence-corrected chi connectivity index (χ2v) is 6.60. The summed E-state index contributed by atoms with van der Waals surface area (Å²) in [6, 6.07) is 17.5. The van der Waals surface area contributed by atoms with Crippen LogP contribution in [0, 0.1) is 6.92 Å². The molecule has 1 saturated heterocycles. The number of carbonyl (C=O) groups is 1. The molecule has 7 nitrogen and oxygen atoms in total. The van der Waals surface area contributed by atoms with Gasteiger partial charge in [0.25, 0.3) is 0 Å². The van der Waals surface area contributed by atoms with E-state index in [1.807, 2.05) is 66.9 Å². The first-order valence-corrected chi connectivity index (χ1v) is 9.04. The number of aryl methyl sites for hydroxylation is 1. The zero-order valence-electron chi connectivity index (χ0n) is 14.4. The van der Waals surface area contributed by atoms with E-state index in [1.165, 1.54) is 22.5 Å². The Morgan fingerprint density at radius 3 is 2.70 bits per heavy atom. The maximum atomic E-state index is 11.9. The molecule has 1 fully saturated rings. The summed E-state index contributed by atoms with van der Waals surface area (Å²) in [5, 5.41) is 12.0. The number of benzene rings is 2. The summed E-state index contributed by atoms with van der Waals surface area (Å²) in [6.07, 6.45) is 1.35. The van der Waals surface area contributed by atoms with Crippen LogP contribution in [-0.2, 0) is 9.63 Å². The van der Waals surface area contributed by atoms with Crippen LogP contribution in [-0.4, -0.2) is 11.0 Å². The summed E-state index contributed by atoms with van der Waals surface area (Å²) >= 11 is 1.38. The SMILES string of the molecule is Cc1ccc(N2NOC(=O)C2=CN=Nc2nc(-c3ccccc3)cs2)cc1. The van der Waals surface area contributed by atoms with Crippen molar-refractivity contribution in [3.63, 3.8) is 0 Å². The molecule has 1 aromatic heterocycles. The maximum absolute atomic E-state index is 11.9. The Morgan fingerprint density at radius 2 is 1.93 bits per heavy atom. The van der Waals surface area contributed by atoms with Gasteiger partial charge in [0.2, 0.25) is 5.13 Å². The number of hydrogen-bond acceptors (Lipinski definition) is 8. The van der Waals surface area contributed by atoms with E-state index in [0.717, 1.165) is 22.5 Å². The van der Waals surface area contributed by atoms with Gasteiger partial charge >= 0.3 is 5.97 Å². The number of anilines is 1. The summed E-state index contributed by atoms with van der Waals surface area (Å²) in [5.41, 5.74) is 6.54. The zero-order valence-corrected chi connectivity index (χ0v) is 15.2. The lowest BCUT2D eigenvalue weighted by Crippen LogP contribution is -2.28. The second-order valence-electron chi connectivity index (χ2n) is 5.76. The highest BCUT2D eigenvalue weighted by Crippen LogP contribution is 2.27. The number of hydrogen-bond donors (Lipinski definition) is 1. The molecule has 0 atom stereocenters. The number of hydrazine groups is 1. The third-order valence-corrected chi connectivity index (χ3v) is 4.58. The van der Waals surface area contributed by atoms with Gasteiger partial charge in [-0.1, -0.05) is 53.6 Å². The van der Waals surface area contributed by atoms with E-state index >= 15 is 0 Å². The van der Waals surface area contributed by atoms with Crippen LogP contribution >= 0.6 is 11.3 Å². The highest BCUT2D eigenvalue weighted by Gasteiger charge is 2.29. The molecule has 27 heavy (non-hydrogen) atoms. The van der Waals surface area contributed by atoms with Crippen molar-refractivity contribution >= 4 is 28.1 Å². The molecule has 0 spiro atoms. The van der Waals surface area contributed by atoms with Crippen molar-refractivity contribution < 1.29 is 9.63 Å². The van der Waals surface area contributed by atoms with Crippen LogP contribution in [0.5, 0.6) is 0 Å². The predicted molar refractivity (Wildman–Crippen MR) is 103 cm³/mol. The minimum atomic E-state index is -0.529. The van der Waals surface area contributed by atoms with E-state index in [4.69, 9.17) is 4.84 Å². The molecule has 0 radical (unpaired) electrons. The van der Waals surface area contributed by atoms with Gasteiger partial charge in [0.05, 0.1) is 17.6 Å². The van der Waals surface area contributed by atoms with Crippen LogP contribution in [0.1, 0.15) is 5.56 Å². The first-order chi connectivity index (χ1) is 13.2. The molecule has 0 amide bonds. The molecule has 1 aliphatic rings. The Morgan fingerprint density at radius 1 is 1.15 bits per heavy atom. The van der Waals surface area contributed by atoms with E-state index in [0.29, 0.717) is 5.13 Å². The third-order valence-electron chi connectivity index (χ3n) is 3.86. The normalized spacial score (nSPS) is 15.7. The molecule has 0 saturated carbocycles. The topological polar surface area (TPSA) is 79.2 Å². The number of nitrogens with one attached hydrogen (secondary N) is 1. The fourth-order valence-electron chi connectivity index (χ4n) is 2.46. The molecule has 2 aromatic carbocycles. The average molecular weight is 377 g/mol. The predicted octanol–water partition coefficient (Wildman–Crippen LogP) is 4.53. The number of aromatic nitrogens is 1. The van der Waals surface area contributed by atoms with Crippen molar-refractivity contribution in [3.8, 4) is 11.3 Å². The third kappa shape index (κ3) is 3.76. The number of rotatable bonds is 4. The highest BCUT2D eigenvalue weighted by molar-refractivity contribution is 7.13. The molecule has 134 valence electrons. The molecule has 2 heterocycles. The van der Waals surface area contributed by atoms with Gasteiger partial charge in [-0.3, -0.25) is 0 Å². The maximum Gasteiger partial charge on any atom is 0.378 e. The molecule has 0 bridgehead atoms. The van der Waals surface area contributed by atoms with Crippen molar-refractivity contribution in [1.82, 2.24) is 10.6 Å². The highest BCUT2D eigenvalue weighted by atomic mass is 32.1. The summed E-state index contributed by atoms with van der Waals surface area (Å²) in [6.45, 7) is 1.99. The summed E-state index contributed by atoms with van der Waals surface area (Å²) in [4.78, 5) is 21.3. The quantitative estimate of drug-likeness (QED) is 0.534. The van der Waals surface area contributed by atoms with Crippen LogP contribution in [0.4, 0.5) is 10.8 Å². The van der Waals surface area contributed by atoms with E-state index < -0.39 is 5.97 Å². The van der Waals surface area contributed by atoms with Gasteiger partial charge in [0.1, 0.15) is 0 Å². The minimum absolute atomic E-state index is 0.238. The summed E-state index contributed by atoms with van der Waals surface area (Å²) in [7, 11) is 0. The average Bonchev–Trinajstić information content (AvgIpc) is 3.31. The van der Waals surface area contributed by atoms with Gasteiger partial charge < -0.3 is 4.84 Å². The lowest BCUT2D eigenvalue weighted by atomic mass is 10.2. The smallest absolute Gasteiger partial charge is 0.345 e. The Hall–Kier alpha value is -3.36. The zero-order chi connectivity index (χ0) is 18.6. The number of nitrogens with zero attached hydrogens (tertiary/aromatic N) is 4. The van der Waals surface area contributed by atoms with Crippen LogP contribution in [0.15, 0.2) is 82.1 Å². The second kappa shape index (κ2) is 7.48. The fraction of sp³-hybridized carbons (Fsp3) is 0.0526. The van der Waals surface area contributed by atoms with Crippen molar-refractivity contribution in [1.29, 1.82) is 0 Å². The molecule has 8 heteroatoms. The molecule has 1 N–H and O–H groups in total. The summed E-state index contributed by atoms with van der Waals surface area (Å²) in [5.74, 6) is -0.529. The minimum Gasteiger partial charge on any atom is -0.345 e. The van der Waals surface area contributed by atoms with Crippen molar-refractivity contribution in [2.75, 3.05) is 5.01 Å². The Balaban J connectivity index is 1.53. The number of thiazole rings is 1.